The maximum Gasteiger partial charge on any atom is 0.336 e. The van der Waals surface area contributed by atoms with Gasteiger partial charge in [-0.2, -0.15) is 0 Å². The largest absolute Gasteiger partial charge is 0.478 e. The summed E-state index contributed by atoms with van der Waals surface area (Å²) in [6.07, 6.45) is 13.3. The average molecular weight is 859 g/mol. The fourth-order valence-electron chi connectivity index (χ4n) is 7.70. The third-order valence-electron chi connectivity index (χ3n) is 10.8. The Bertz CT molecular complexity index is 1950. The van der Waals surface area contributed by atoms with Gasteiger partial charge in [-0.25, -0.2) is 14.8 Å². The van der Waals surface area contributed by atoms with E-state index >= 15 is 0 Å². The first-order chi connectivity index (χ1) is 26.8. The van der Waals surface area contributed by atoms with Gasteiger partial charge in [-0.05, 0) is 88.3 Å². The van der Waals surface area contributed by atoms with E-state index < -0.39 is 5.97 Å². The van der Waals surface area contributed by atoms with E-state index in [0.29, 0.717) is 48.7 Å². The molecule has 8 nitrogen and oxygen atoms in total. The molecule has 7 rings (SSSR count). The molecule has 55 heavy (non-hydrogen) atoms. The number of aryl methyl sites for hydroxylation is 3. The van der Waals surface area contributed by atoms with Crippen molar-refractivity contribution in [1.82, 2.24) is 9.97 Å². The number of aromatic carboxylic acids is 1. The van der Waals surface area contributed by atoms with Gasteiger partial charge in [0.2, 0.25) is 11.8 Å². The fourth-order valence-corrected chi connectivity index (χ4v) is 8.25. The summed E-state index contributed by atoms with van der Waals surface area (Å²) in [5.41, 5.74) is 8.37. The van der Waals surface area contributed by atoms with Crippen molar-refractivity contribution in [2.75, 3.05) is 13.2 Å². The van der Waals surface area contributed by atoms with Crippen molar-refractivity contribution in [3.05, 3.63) is 117 Å². The van der Waals surface area contributed by atoms with E-state index in [2.05, 4.69) is 85.0 Å². The number of ether oxygens (including phenoxy) is 2. The van der Waals surface area contributed by atoms with Crippen LogP contribution in [0.5, 0.6) is 0 Å². The molecule has 2 saturated carbocycles. The molecule has 0 amide bonds. The Morgan fingerprint density at radius 2 is 1.18 bits per heavy atom. The zero-order chi connectivity index (χ0) is 38.6. The number of carbonyl (C=O) groups is 1. The lowest BCUT2D eigenvalue weighted by atomic mass is 9.87. The van der Waals surface area contributed by atoms with Gasteiger partial charge in [0.15, 0.2) is 0 Å². The molecule has 0 radical (unpaired) electrons. The van der Waals surface area contributed by atoms with Crippen molar-refractivity contribution in [2.24, 2.45) is 0 Å². The number of carboxylic acid groups (broad SMARTS) is 1. The summed E-state index contributed by atoms with van der Waals surface area (Å²) in [5, 5.41) is 9.44. The van der Waals surface area contributed by atoms with Crippen LogP contribution in [-0.4, -0.2) is 34.3 Å². The molecule has 2 aliphatic rings. The van der Waals surface area contributed by atoms with Crippen molar-refractivity contribution >= 4 is 28.6 Å². The molecule has 3 aromatic carbocycles. The Balaban J connectivity index is 0.000000217. The molecule has 2 aromatic heterocycles. The lowest BCUT2D eigenvalue weighted by molar-refractivity contribution is 0.0637. The van der Waals surface area contributed by atoms with Crippen LogP contribution in [0.15, 0.2) is 75.6 Å². The van der Waals surface area contributed by atoms with Crippen LogP contribution in [0.3, 0.4) is 0 Å². The summed E-state index contributed by atoms with van der Waals surface area (Å²) < 4.78 is 25.1. The van der Waals surface area contributed by atoms with E-state index in [1.807, 2.05) is 6.07 Å². The van der Waals surface area contributed by atoms with E-state index in [1.165, 1.54) is 62.5 Å². The Kier molecular flexibility index (Phi) is 15.1. The number of oxazole rings is 2. The molecule has 5 aromatic rings. The monoisotopic (exact) mass is 858 g/mol. The minimum Gasteiger partial charge on any atom is -0.478 e. The van der Waals surface area contributed by atoms with Gasteiger partial charge in [0.05, 0.1) is 24.5 Å². The molecule has 2 fully saturated rings. The predicted molar refractivity (Wildman–Crippen MR) is 225 cm³/mol. The van der Waals surface area contributed by atoms with Crippen molar-refractivity contribution < 1.29 is 28.2 Å². The first-order valence-corrected chi connectivity index (χ1v) is 21.5. The van der Waals surface area contributed by atoms with E-state index in [9.17, 15) is 9.90 Å². The van der Waals surface area contributed by atoms with Crippen LogP contribution in [0.25, 0.3) is 22.9 Å². The molecule has 0 aliphatic heterocycles. The zero-order valence-corrected chi connectivity index (χ0v) is 34.7. The summed E-state index contributed by atoms with van der Waals surface area (Å²) in [6.45, 7) is 7.70. The minimum absolute atomic E-state index is 0.276. The molecule has 0 bridgehead atoms. The maximum absolute atomic E-state index is 11.5. The van der Waals surface area contributed by atoms with E-state index in [0.717, 1.165) is 69.2 Å². The van der Waals surface area contributed by atoms with Crippen LogP contribution >= 0.6 is 22.6 Å². The van der Waals surface area contributed by atoms with E-state index in [4.69, 9.17) is 28.3 Å². The van der Waals surface area contributed by atoms with Crippen LogP contribution in [0, 0.1) is 20.8 Å². The minimum atomic E-state index is -0.920. The van der Waals surface area contributed by atoms with Crippen LogP contribution in [0.4, 0.5) is 0 Å². The Morgan fingerprint density at radius 3 is 1.69 bits per heavy atom. The first-order valence-electron chi connectivity index (χ1n) is 20.0. The molecule has 0 spiro atoms. The number of hydrogen-bond acceptors (Lipinski definition) is 7. The molecule has 2 heterocycles. The quantitative estimate of drug-likeness (QED) is 0.0668. The summed E-state index contributed by atoms with van der Waals surface area (Å²) >= 11 is 2.39. The highest BCUT2D eigenvalue weighted by atomic mass is 127. The number of hydrogen-bond donors (Lipinski definition) is 1. The topological polar surface area (TPSA) is 108 Å². The van der Waals surface area contributed by atoms with Crippen LogP contribution in [0.1, 0.15) is 138 Å². The lowest BCUT2D eigenvalue weighted by Crippen LogP contribution is -2.09. The van der Waals surface area contributed by atoms with Gasteiger partial charge in [-0.3, -0.25) is 0 Å². The fraction of sp³-hybridized carbons (Fsp3) is 0.457. The Morgan fingerprint density at radius 1 is 0.691 bits per heavy atom. The maximum atomic E-state index is 11.5. The molecule has 0 unspecified atom stereocenters. The first kappa shape index (κ1) is 40.9. The number of aromatic nitrogens is 2. The van der Waals surface area contributed by atoms with Gasteiger partial charge in [-0.1, -0.05) is 115 Å². The second-order valence-corrected chi connectivity index (χ2v) is 15.8. The molecule has 0 atom stereocenters. The van der Waals surface area contributed by atoms with Crippen LogP contribution in [0.2, 0.25) is 0 Å². The molecule has 9 heteroatoms. The summed E-state index contributed by atoms with van der Waals surface area (Å²) in [4.78, 5) is 21.1. The Hall–Kier alpha value is -3.80. The predicted octanol–water partition coefficient (Wildman–Crippen LogP) is 12.5. The van der Waals surface area contributed by atoms with E-state index in [1.54, 1.807) is 19.1 Å². The summed E-state index contributed by atoms with van der Waals surface area (Å²) in [6, 6.07) is 22.1. The van der Waals surface area contributed by atoms with Gasteiger partial charge in [-0.15, -0.1) is 0 Å². The highest BCUT2D eigenvalue weighted by Crippen LogP contribution is 2.38. The normalized spacial score (nSPS) is 15.1. The number of nitrogens with zero attached hydrogens (tertiary/aromatic N) is 2. The smallest absolute Gasteiger partial charge is 0.336 e. The van der Waals surface area contributed by atoms with Crippen LogP contribution < -0.4 is 0 Å². The van der Waals surface area contributed by atoms with Crippen molar-refractivity contribution in [2.45, 2.75) is 121 Å². The third-order valence-corrected chi connectivity index (χ3v) is 11.5. The highest BCUT2D eigenvalue weighted by Gasteiger charge is 2.26. The SMILES string of the molecule is Cc1ccc(-c2nc(CI)c(C3CCCCC3)o2)cc1.Cc1ccc(-c2nc(COCCCOCc3cccc(C)c3C(=O)O)c(C3CCCCC3)o2)cc1. The average Bonchev–Trinajstić information content (AvgIpc) is 3.84. The molecule has 0 saturated heterocycles. The van der Waals surface area contributed by atoms with Gasteiger partial charge in [0.25, 0.3) is 0 Å². The third kappa shape index (κ3) is 11.2. The molecule has 1 N–H and O–H groups in total. The number of rotatable bonds is 14. The van der Waals surface area contributed by atoms with Gasteiger partial charge < -0.3 is 23.4 Å². The molecular formula is C46H55IN2O6. The van der Waals surface area contributed by atoms with Crippen LogP contribution in [-0.2, 0) is 27.1 Å². The summed E-state index contributed by atoms with van der Waals surface area (Å²) in [7, 11) is 0. The molecular weight excluding hydrogens is 803 g/mol. The van der Waals surface area contributed by atoms with Crippen molar-refractivity contribution in [1.29, 1.82) is 0 Å². The molecule has 292 valence electrons. The van der Waals surface area contributed by atoms with Crippen molar-refractivity contribution in [3.8, 4) is 22.9 Å². The number of benzene rings is 3. The Labute approximate surface area is 339 Å². The van der Waals surface area contributed by atoms with Gasteiger partial charge in [0.1, 0.15) is 17.2 Å². The van der Waals surface area contributed by atoms with E-state index in [-0.39, 0.29) is 6.61 Å². The van der Waals surface area contributed by atoms with Gasteiger partial charge in [0, 0.05) is 40.6 Å². The summed E-state index contributed by atoms with van der Waals surface area (Å²) in [5.74, 6) is 3.66. The second-order valence-electron chi connectivity index (χ2n) is 15.1. The van der Waals surface area contributed by atoms with Gasteiger partial charge >= 0.3 is 5.97 Å². The zero-order valence-electron chi connectivity index (χ0n) is 32.6. The standard InChI is InChI=1S/C29H35NO5.C17H20INO/c1-20-12-14-23(15-13-20)28-30-25(27(35-28)22-9-4-3-5-10-22)19-34-17-7-16-33-18-24-11-6-8-21(2)26(24)29(31)32;1-12-7-9-14(10-8-12)17-19-15(11-18)16(20-17)13-5-3-2-4-6-13/h6,8,11-15,22H,3-5,7,9-10,16-19H2,1-2H3,(H,31,32);7-10,13H,2-6,11H2,1H3. The highest BCUT2D eigenvalue weighted by molar-refractivity contribution is 14.1. The van der Waals surface area contributed by atoms with Crippen molar-refractivity contribution in [3.63, 3.8) is 0 Å². The molecule has 2 aliphatic carbocycles. The number of halogens is 1. The number of carboxylic acids is 1. The lowest BCUT2D eigenvalue weighted by Gasteiger charge is -2.20. The second kappa shape index (κ2) is 20.4. The number of alkyl halides is 1.